The molecule has 3 heterocycles. The average Bonchev–Trinajstić information content (AvgIpc) is 3.56. The van der Waals surface area contributed by atoms with Crippen molar-refractivity contribution < 1.29 is 97.9 Å². The molecule has 68 heavy (non-hydrogen) atoms. The zero-order valence-electron chi connectivity index (χ0n) is 37.3. The minimum atomic E-state index is -4.04. The van der Waals surface area contributed by atoms with Crippen LogP contribution in [0.25, 0.3) is 10.8 Å². The third-order valence-corrected chi connectivity index (χ3v) is 14.6. The summed E-state index contributed by atoms with van der Waals surface area (Å²) in [4.78, 5) is 27.8. The van der Waals surface area contributed by atoms with Gasteiger partial charge in [0.15, 0.2) is 12.6 Å². The first kappa shape index (κ1) is 55.7. The fraction of sp³-hybridized carbons (Fsp3) is 0.674. The van der Waals surface area contributed by atoms with Crippen LogP contribution in [0.5, 0.6) is 0 Å². The molecule has 5 rings (SSSR count). The van der Waals surface area contributed by atoms with Crippen molar-refractivity contribution in [3.63, 3.8) is 0 Å². The van der Waals surface area contributed by atoms with Crippen molar-refractivity contribution in [2.45, 2.75) is 122 Å². The maximum atomic E-state index is 13.8. The van der Waals surface area contributed by atoms with Crippen LogP contribution in [0, 0.1) is 18.3 Å². The van der Waals surface area contributed by atoms with Gasteiger partial charge in [-0.05, 0) is 25.0 Å². The number of sulfonamides is 1. The van der Waals surface area contributed by atoms with Crippen molar-refractivity contribution in [3.8, 4) is 12.3 Å². The highest BCUT2D eigenvalue weighted by Gasteiger charge is 2.59. The summed E-state index contributed by atoms with van der Waals surface area (Å²) in [6.45, 7) is -2.86. The predicted molar refractivity (Wildman–Crippen MR) is 240 cm³/mol. The molecule has 3 fully saturated rings. The molecule has 3 saturated heterocycles. The number of Topliss-reactive ketones (excluding diaryl/α,β-unsaturated/α-hetero) is 1. The second-order valence-corrected chi connectivity index (χ2v) is 19.8. The maximum absolute atomic E-state index is 13.8. The first-order valence-electron chi connectivity index (χ1n) is 21.8. The Morgan fingerprint density at radius 1 is 0.868 bits per heavy atom. The smallest absolute Gasteiger partial charge is 0.241 e. The summed E-state index contributed by atoms with van der Waals surface area (Å²) in [5.41, 5.74) is 0.816. The molecule has 382 valence electrons. The molecular formula is C43H63N3O20S2. The lowest BCUT2D eigenvalue weighted by molar-refractivity contribution is -0.388. The van der Waals surface area contributed by atoms with Crippen LogP contribution < -0.4 is 14.9 Å². The number of ether oxygens (including phenoxy) is 5. The Hall–Kier alpha value is -3.18. The van der Waals surface area contributed by atoms with E-state index in [2.05, 4.69) is 16.0 Å². The van der Waals surface area contributed by atoms with E-state index in [0.29, 0.717) is 5.39 Å². The van der Waals surface area contributed by atoms with Gasteiger partial charge in [-0.1, -0.05) is 30.2 Å². The minimum absolute atomic E-state index is 0.0198. The molecule has 1 amide bonds. The van der Waals surface area contributed by atoms with Gasteiger partial charge in [0.05, 0.1) is 36.7 Å². The maximum Gasteiger partial charge on any atom is 0.241 e. The van der Waals surface area contributed by atoms with E-state index in [9.17, 15) is 74.2 Å². The summed E-state index contributed by atoms with van der Waals surface area (Å²) >= 11 is 1.08. The number of hydrogen-bond donors (Lipinski definition) is 13. The SMILES string of the molecule is C#CCNC(=O)CCCCC(=O)C(CSCCNS(=O)(=O)c1cccc2c(N(C)C)cccc12)C(O)[C@H]1O[C@H](OC[C@H]2O[C@H](O[C@]3(CO)O[C@H](CO)[C@@H](O)[C@@H]3O)[C@H](O)[C@@H](O)[C@@H]2O)[C@H](O)[C@@H](O)[C@H]1O. The monoisotopic (exact) mass is 1010 g/mol. The number of nitrogens with zero attached hydrogens (tertiary/aromatic N) is 1. The molecule has 3 aliphatic heterocycles. The molecule has 23 nitrogen and oxygen atoms in total. The summed E-state index contributed by atoms with van der Waals surface area (Å²) in [6, 6.07) is 10.2. The van der Waals surface area contributed by atoms with Crippen molar-refractivity contribution in [3.05, 3.63) is 36.4 Å². The van der Waals surface area contributed by atoms with E-state index in [0.717, 1.165) is 22.8 Å². The number of nitrogens with one attached hydrogen (secondary N) is 2. The normalized spacial score (nSPS) is 32.9. The summed E-state index contributed by atoms with van der Waals surface area (Å²) in [6.07, 6.45) is -21.1. The molecule has 0 aliphatic carbocycles. The highest BCUT2D eigenvalue weighted by molar-refractivity contribution is 7.99. The lowest BCUT2D eigenvalue weighted by Crippen LogP contribution is -2.64. The Morgan fingerprint density at radius 3 is 2.19 bits per heavy atom. The molecule has 16 atom stereocenters. The van der Waals surface area contributed by atoms with Gasteiger partial charge in [0.25, 0.3) is 0 Å². The van der Waals surface area contributed by atoms with E-state index in [1.807, 2.05) is 31.1 Å². The molecule has 3 aliphatic rings. The number of thioether (sulfide) groups is 1. The van der Waals surface area contributed by atoms with Crippen LogP contribution in [0.2, 0.25) is 0 Å². The minimum Gasteiger partial charge on any atom is -0.394 e. The lowest BCUT2D eigenvalue weighted by Gasteiger charge is -2.45. The number of carbonyl (C=O) groups excluding carboxylic acids is 2. The van der Waals surface area contributed by atoms with Gasteiger partial charge in [-0.25, -0.2) is 13.1 Å². The Morgan fingerprint density at radius 2 is 1.53 bits per heavy atom. The van der Waals surface area contributed by atoms with E-state index < -0.39 is 133 Å². The molecular weight excluding hydrogens is 943 g/mol. The number of fused-ring (bicyclic) bond motifs is 1. The number of unbranched alkanes of at least 4 members (excludes halogenated alkanes) is 1. The quantitative estimate of drug-likeness (QED) is 0.0347. The molecule has 0 spiro atoms. The number of rotatable bonds is 24. The predicted octanol–water partition coefficient (Wildman–Crippen LogP) is -4.78. The van der Waals surface area contributed by atoms with Crippen molar-refractivity contribution in [1.82, 2.24) is 10.0 Å². The number of benzene rings is 2. The first-order chi connectivity index (χ1) is 32.2. The zero-order chi connectivity index (χ0) is 50.1. The molecule has 0 bridgehead atoms. The summed E-state index contributed by atoms with van der Waals surface area (Å²) in [5, 5.41) is 121. The standard InChI is InChI=1S/C43H63N3O20S2/c1-4-15-44-30(50)14-6-5-12-26(49)24(20-67-17-16-45-68(60,61)29-13-8-9-22-23(29)10-7-11-25(22)46(2)3)31(51)39-36(56)35(55)37(57)41(64-39)62-19-28-32(52)34(54)38(58)42(63-28)66-43(21-48)40(59)33(53)27(18-47)65-43/h1,7-11,13,24,27-28,31-42,45,47-48,51-59H,5-6,12,14-21H2,2-3H3,(H,44,50)/t24?,27-,28-,31?,32-,33-,34+,35+,36-,37-,38-,39-,40+,41+,42-,43+/m1/s1. The number of carbonyl (C=O) groups is 2. The Labute approximate surface area is 397 Å². The third kappa shape index (κ3) is 12.8. The van der Waals surface area contributed by atoms with Gasteiger partial charge >= 0.3 is 0 Å². The molecule has 0 radical (unpaired) electrons. The third-order valence-electron chi connectivity index (χ3n) is 12.0. The van der Waals surface area contributed by atoms with Crippen LogP contribution in [-0.2, 0) is 43.3 Å². The largest absolute Gasteiger partial charge is 0.394 e. The molecule has 2 aromatic carbocycles. The summed E-state index contributed by atoms with van der Waals surface area (Å²) in [7, 11) is -0.358. The molecule has 0 saturated carbocycles. The Balaban J connectivity index is 1.26. The Kier molecular flexibility index (Phi) is 20.3. The zero-order valence-corrected chi connectivity index (χ0v) is 39.0. The molecule has 13 N–H and O–H groups in total. The van der Waals surface area contributed by atoms with Gasteiger partial charge in [0.2, 0.25) is 21.7 Å². The fourth-order valence-corrected chi connectivity index (χ4v) is 10.6. The van der Waals surface area contributed by atoms with Crippen LogP contribution >= 0.6 is 11.8 Å². The van der Waals surface area contributed by atoms with Crippen molar-refractivity contribution in [2.75, 3.05) is 63.4 Å². The number of aliphatic hydroxyl groups is 11. The van der Waals surface area contributed by atoms with Crippen molar-refractivity contribution >= 4 is 49.9 Å². The number of terminal acetylenes is 1. The van der Waals surface area contributed by atoms with E-state index in [4.69, 9.17) is 30.1 Å². The number of hydrogen-bond acceptors (Lipinski definition) is 22. The van der Waals surface area contributed by atoms with Gasteiger partial charge in [0, 0.05) is 61.4 Å². The van der Waals surface area contributed by atoms with Gasteiger partial charge < -0.3 is 90.1 Å². The molecule has 0 aromatic heterocycles. The first-order valence-corrected chi connectivity index (χ1v) is 24.5. The number of amides is 1. The van der Waals surface area contributed by atoms with E-state index >= 15 is 0 Å². The van der Waals surface area contributed by atoms with Crippen molar-refractivity contribution in [1.29, 1.82) is 0 Å². The van der Waals surface area contributed by atoms with E-state index in [-0.39, 0.29) is 61.1 Å². The number of aliphatic hydroxyl groups excluding tert-OH is 11. The van der Waals surface area contributed by atoms with Gasteiger partial charge in [-0.2, -0.15) is 11.8 Å². The van der Waals surface area contributed by atoms with Crippen LogP contribution in [-0.4, -0.2) is 226 Å². The fourth-order valence-electron chi connectivity index (χ4n) is 8.15. The van der Waals surface area contributed by atoms with Crippen LogP contribution in [0.3, 0.4) is 0 Å². The van der Waals surface area contributed by atoms with Gasteiger partial charge in [0.1, 0.15) is 79.5 Å². The second kappa shape index (κ2) is 24.8. The molecule has 2 aromatic rings. The second-order valence-electron chi connectivity index (χ2n) is 16.9. The molecule has 25 heteroatoms. The van der Waals surface area contributed by atoms with Crippen molar-refractivity contribution in [2.24, 2.45) is 5.92 Å². The highest BCUT2D eigenvalue weighted by atomic mass is 32.2. The van der Waals surface area contributed by atoms with Crippen LogP contribution in [0.1, 0.15) is 25.7 Å². The van der Waals surface area contributed by atoms with E-state index in [1.165, 1.54) is 6.07 Å². The lowest BCUT2D eigenvalue weighted by atomic mass is 9.86. The average molecular weight is 1010 g/mol. The summed E-state index contributed by atoms with van der Waals surface area (Å²) < 4.78 is 57.4. The number of ketones is 1. The van der Waals surface area contributed by atoms with E-state index in [1.54, 1.807) is 18.2 Å². The molecule has 2 unspecified atom stereocenters. The topological polar surface area (TPSA) is 364 Å². The van der Waals surface area contributed by atoms with Crippen LogP contribution in [0.15, 0.2) is 41.3 Å². The summed E-state index contributed by atoms with van der Waals surface area (Å²) in [5.74, 6) is -2.48. The Bertz CT molecular complexity index is 2130. The van der Waals surface area contributed by atoms with Gasteiger partial charge in [-0.3, -0.25) is 9.59 Å². The van der Waals surface area contributed by atoms with Gasteiger partial charge in [-0.15, -0.1) is 6.42 Å². The van der Waals surface area contributed by atoms with Crippen LogP contribution in [0.4, 0.5) is 5.69 Å². The number of anilines is 1. The highest BCUT2D eigenvalue weighted by Crippen LogP contribution is 2.37.